The van der Waals surface area contributed by atoms with Crippen LogP contribution in [-0.2, 0) is 11.3 Å². The highest BCUT2D eigenvalue weighted by molar-refractivity contribution is 5.13. The Labute approximate surface area is 85.3 Å². The SMILES string of the molecule is c1ccc(CO[C@@H]2CCCNC2)cc1. The summed E-state index contributed by atoms with van der Waals surface area (Å²) in [5.41, 5.74) is 1.26. The second-order valence-corrected chi connectivity index (χ2v) is 3.76. The highest BCUT2D eigenvalue weighted by Gasteiger charge is 2.12. The largest absolute Gasteiger partial charge is 0.372 e. The molecule has 0 spiro atoms. The minimum absolute atomic E-state index is 0.406. The predicted octanol–water partition coefficient (Wildman–Crippen LogP) is 1.96. The summed E-state index contributed by atoms with van der Waals surface area (Å²) < 4.78 is 5.81. The van der Waals surface area contributed by atoms with Gasteiger partial charge in [0.15, 0.2) is 0 Å². The fourth-order valence-corrected chi connectivity index (χ4v) is 1.75. The zero-order valence-electron chi connectivity index (χ0n) is 8.41. The molecule has 76 valence electrons. The maximum absolute atomic E-state index is 5.81. The van der Waals surface area contributed by atoms with Crippen LogP contribution in [0.2, 0.25) is 0 Å². The number of piperidine rings is 1. The fraction of sp³-hybridized carbons (Fsp3) is 0.500. The lowest BCUT2D eigenvalue weighted by Gasteiger charge is -2.23. The smallest absolute Gasteiger partial charge is 0.0721 e. The molecule has 1 atom stereocenters. The quantitative estimate of drug-likeness (QED) is 0.788. The van der Waals surface area contributed by atoms with Crippen LogP contribution in [0.15, 0.2) is 30.3 Å². The normalized spacial score (nSPS) is 22.1. The summed E-state index contributed by atoms with van der Waals surface area (Å²) in [5, 5.41) is 3.35. The predicted molar refractivity (Wildman–Crippen MR) is 57.1 cm³/mol. The average Bonchev–Trinajstić information content (AvgIpc) is 2.29. The van der Waals surface area contributed by atoms with Crippen molar-refractivity contribution in [3.8, 4) is 0 Å². The lowest BCUT2D eigenvalue weighted by Crippen LogP contribution is -2.35. The van der Waals surface area contributed by atoms with Crippen molar-refractivity contribution in [2.75, 3.05) is 13.1 Å². The van der Waals surface area contributed by atoms with Crippen molar-refractivity contribution in [1.82, 2.24) is 5.32 Å². The van der Waals surface area contributed by atoms with Gasteiger partial charge in [0.2, 0.25) is 0 Å². The number of ether oxygens (including phenoxy) is 1. The van der Waals surface area contributed by atoms with Crippen molar-refractivity contribution < 1.29 is 4.74 Å². The van der Waals surface area contributed by atoms with Gasteiger partial charge >= 0.3 is 0 Å². The summed E-state index contributed by atoms with van der Waals surface area (Å²) in [6.07, 6.45) is 2.84. The Morgan fingerprint density at radius 3 is 2.86 bits per heavy atom. The average molecular weight is 191 g/mol. The molecular weight excluding hydrogens is 174 g/mol. The monoisotopic (exact) mass is 191 g/mol. The number of rotatable bonds is 3. The maximum Gasteiger partial charge on any atom is 0.0721 e. The second-order valence-electron chi connectivity index (χ2n) is 3.76. The van der Waals surface area contributed by atoms with Crippen LogP contribution in [0.1, 0.15) is 18.4 Å². The highest BCUT2D eigenvalue weighted by atomic mass is 16.5. The molecule has 0 amide bonds. The van der Waals surface area contributed by atoms with Crippen molar-refractivity contribution in [2.24, 2.45) is 0 Å². The first-order chi connectivity index (χ1) is 6.95. The van der Waals surface area contributed by atoms with Crippen LogP contribution in [0.3, 0.4) is 0 Å². The molecule has 2 heteroatoms. The first-order valence-electron chi connectivity index (χ1n) is 5.31. The van der Waals surface area contributed by atoms with Gasteiger partial charge in [0, 0.05) is 6.54 Å². The molecule has 0 unspecified atom stereocenters. The third-order valence-electron chi connectivity index (χ3n) is 2.58. The van der Waals surface area contributed by atoms with Gasteiger partial charge in [0.25, 0.3) is 0 Å². The molecule has 1 aliphatic rings. The van der Waals surface area contributed by atoms with E-state index in [1.54, 1.807) is 0 Å². The number of hydrogen-bond acceptors (Lipinski definition) is 2. The molecule has 1 fully saturated rings. The third kappa shape index (κ3) is 2.82. The second kappa shape index (κ2) is 5.13. The summed E-state index contributed by atoms with van der Waals surface area (Å²) >= 11 is 0. The van der Waals surface area contributed by atoms with Crippen LogP contribution in [-0.4, -0.2) is 19.2 Å². The fourth-order valence-electron chi connectivity index (χ4n) is 1.75. The van der Waals surface area contributed by atoms with Gasteiger partial charge in [-0.3, -0.25) is 0 Å². The molecule has 14 heavy (non-hydrogen) atoms. The Balaban J connectivity index is 1.76. The van der Waals surface area contributed by atoms with Gasteiger partial charge in [-0.05, 0) is 24.9 Å². The van der Waals surface area contributed by atoms with Crippen LogP contribution in [0.5, 0.6) is 0 Å². The van der Waals surface area contributed by atoms with Gasteiger partial charge in [-0.1, -0.05) is 30.3 Å². The van der Waals surface area contributed by atoms with Gasteiger partial charge in [-0.25, -0.2) is 0 Å². The summed E-state index contributed by atoms with van der Waals surface area (Å²) in [6, 6.07) is 10.4. The van der Waals surface area contributed by atoms with Crippen molar-refractivity contribution in [1.29, 1.82) is 0 Å². The Bertz CT molecular complexity index is 254. The Morgan fingerprint density at radius 1 is 1.29 bits per heavy atom. The Hall–Kier alpha value is -0.860. The van der Waals surface area contributed by atoms with E-state index in [-0.39, 0.29) is 0 Å². The molecule has 2 nitrogen and oxygen atoms in total. The van der Waals surface area contributed by atoms with Gasteiger partial charge < -0.3 is 10.1 Å². The lowest BCUT2D eigenvalue weighted by atomic mass is 10.1. The van der Waals surface area contributed by atoms with Crippen LogP contribution in [0.25, 0.3) is 0 Å². The summed E-state index contributed by atoms with van der Waals surface area (Å²) in [7, 11) is 0. The molecule has 0 aliphatic carbocycles. The van der Waals surface area contributed by atoms with E-state index in [2.05, 4.69) is 29.6 Å². The topological polar surface area (TPSA) is 21.3 Å². The van der Waals surface area contributed by atoms with Crippen molar-refractivity contribution in [3.63, 3.8) is 0 Å². The molecule has 2 rings (SSSR count). The number of nitrogens with one attached hydrogen (secondary N) is 1. The van der Waals surface area contributed by atoms with E-state index in [1.165, 1.54) is 18.4 Å². The van der Waals surface area contributed by atoms with Gasteiger partial charge in [0.1, 0.15) is 0 Å². The molecule has 0 radical (unpaired) electrons. The number of benzene rings is 1. The zero-order valence-corrected chi connectivity index (χ0v) is 8.41. The van der Waals surface area contributed by atoms with Crippen LogP contribution in [0.4, 0.5) is 0 Å². The molecular formula is C12H17NO. The van der Waals surface area contributed by atoms with E-state index in [1.807, 2.05) is 6.07 Å². The zero-order chi connectivity index (χ0) is 9.64. The Morgan fingerprint density at radius 2 is 2.14 bits per heavy atom. The maximum atomic E-state index is 5.81. The summed E-state index contributed by atoms with van der Waals surface area (Å²) in [5.74, 6) is 0. The number of hydrogen-bond donors (Lipinski definition) is 1. The molecule has 0 saturated carbocycles. The van der Waals surface area contributed by atoms with Gasteiger partial charge in [-0.15, -0.1) is 0 Å². The molecule has 1 aromatic rings. The minimum atomic E-state index is 0.406. The van der Waals surface area contributed by atoms with E-state index in [0.29, 0.717) is 6.10 Å². The minimum Gasteiger partial charge on any atom is -0.372 e. The van der Waals surface area contributed by atoms with Gasteiger partial charge in [0.05, 0.1) is 12.7 Å². The van der Waals surface area contributed by atoms with Crippen molar-refractivity contribution in [3.05, 3.63) is 35.9 Å². The van der Waals surface area contributed by atoms with E-state index >= 15 is 0 Å². The Kier molecular flexibility index (Phi) is 3.55. The standard InChI is InChI=1S/C12H17NO/c1-2-5-11(6-3-1)10-14-12-7-4-8-13-9-12/h1-3,5-6,12-13H,4,7-10H2/t12-/m1/s1. The highest BCUT2D eigenvalue weighted by Crippen LogP contribution is 2.09. The van der Waals surface area contributed by atoms with Crippen LogP contribution >= 0.6 is 0 Å². The van der Waals surface area contributed by atoms with Crippen molar-refractivity contribution in [2.45, 2.75) is 25.6 Å². The first kappa shape index (κ1) is 9.69. The van der Waals surface area contributed by atoms with Gasteiger partial charge in [-0.2, -0.15) is 0 Å². The molecule has 0 aromatic heterocycles. The molecule has 1 heterocycles. The van der Waals surface area contributed by atoms with Crippen LogP contribution in [0, 0.1) is 0 Å². The van der Waals surface area contributed by atoms with E-state index < -0.39 is 0 Å². The summed E-state index contributed by atoms with van der Waals surface area (Å²) in [4.78, 5) is 0. The molecule has 1 aromatic carbocycles. The molecule has 1 saturated heterocycles. The van der Waals surface area contributed by atoms with E-state index in [4.69, 9.17) is 4.74 Å². The van der Waals surface area contributed by atoms with E-state index in [0.717, 1.165) is 19.7 Å². The molecule has 0 bridgehead atoms. The molecule has 1 aliphatic heterocycles. The third-order valence-corrected chi connectivity index (χ3v) is 2.58. The van der Waals surface area contributed by atoms with E-state index in [9.17, 15) is 0 Å². The van der Waals surface area contributed by atoms with Crippen molar-refractivity contribution >= 4 is 0 Å². The molecule has 1 N–H and O–H groups in total. The summed E-state index contributed by atoms with van der Waals surface area (Å²) in [6.45, 7) is 2.89. The first-order valence-corrected chi connectivity index (χ1v) is 5.31. The van der Waals surface area contributed by atoms with Crippen LogP contribution < -0.4 is 5.32 Å². The lowest BCUT2D eigenvalue weighted by molar-refractivity contribution is 0.0253.